The van der Waals surface area contributed by atoms with Crippen LogP contribution in [0.1, 0.15) is 17.0 Å². The Kier molecular flexibility index (Phi) is 5.34. The summed E-state index contributed by atoms with van der Waals surface area (Å²) in [7, 11) is 0. The number of hydrogen-bond acceptors (Lipinski definition) is 8. The number of anilines is 2. The molecular formula is C17H20N8O3. The molecule has 28 heavy (non-hydrogen) atoms. The highest BCUT2D eigenvalue weighted by atomic mass is 16.6. The molecule has 0 aliphatic heterocycles. The number of nitro groups is 1. The Balaban J connectivity index is 1.58. The van der Waals surface area contributed by atoms with Crippen molar-refractivity contribution in [2.45, 2.75) is 20.3 Å². The summed E-state index contributed by atoms with van der Waals surface area (Å²) in [6, 6.07) is 6.35. The van der Waals surface area contributed by atoms with E-state index in [-0.39, 0.29) is 24.0 Å². The minimum absolute atomic E-state index is 0.00782. The van der Waals surface area contributed by atoms with Crippen LogP contribution in [0.4, 0.5) is 17.3 Å². The number of carbonyl (C=O) groups is 1. The first-order valence-electron chi connectivity index (χ1n) is 8.59. The molecule has 0 unspecified atom stereocenters. The lowest BCUT2D eigenvalue weighted by Crippen LogP contribution is -2.30. The number of nitro benzene ring substituents is 1. The Bertz CT molecular complexity index is 1050. The van der Waals surface area contributed by atoms with Crippen LogP contribution >= 0.6 is 0 Å². The number of nitrogens with one attached hydrogen (secondary N) is 2. The number of para-hydroxylation sites is 2. The van der Waals surface area contributed by atoms with Gasteiger partial charge in [0.25, 0.3) is 11.5 Å². The molecule has 3 rings (SSSR count). The maximum Gasteiger partial charge on any atom is 0.292 e. The average Bonchev–Trinajstić information content (AvgIpc) is 3.03. The van der Waals surface area contributed by atoms with Crippen LogP contribution in [-0.4, -0.2) is 43.5 Å². The third kappa shape index (κ3) is 3.98. The molecule has 0 aliphatic carbocycles. The molecule has 0 saturated carbocycles. The van der Waals surface area contributed by atoms with E-state index >= 15 is 0 Å². The number of rotatable bonds is 7. The smallest absolute Gasteiger partial charge is 0.292 e. The summed E-state index contributed by atoms with van der Waals surface area (Å²) in [4.78, 5) is 31.2. The van der Waals surface area contributed by atoms with Gasteiger partial charge in [0.15, 0.2) is 0 Å². The van der Waals surface area contributed by atoms with Crippen LogP contribution in [0.2, 0.25) is 0 Å². The molecule has 1 aromatic carbocycles. The number of aryl methyl sites for hydroxylation is 2. The van der Waals surface area contributed by atoms with Crippen molar-refractivity contribution in [2.75, 3.05) is 24.1 Å². The van der Waals surface area contributed by atoms with Gasteiger partial charge in [-0.1, -0.05) is 12.1 Å². The Labute approximate surface area is 160 Å². The van der Waals surface area contributed by atoms with Crippen LogP contribution in [0.25, 0.3) is 5.78 Å². The molecule has 0 fully saturated rings. The fraction of sp³-hybridized carbons (Fsp3) is 0.294. The van der Waals surface area contributed by atoms with Gasteiger partial charge in [-0.2, -0.15) is 9.50 Å². The fourth-order valence-corrected chi connectivity index (χ4v) is 2.88. The molecule has 0 aliphatic rings. The zero-order valence-corrected chi connectivity index (χ0v) is 15.5. The Hall–Kier alpha value is -3.76. The number of nitrogens with two attached hydrogens (primary N) is 1. The van der Waals surface area contributed by atoms with Crippen molar-refractivity contribution >= 4 is 29.0 Å². The number of benzene rings is 1. The Morgan fingerprint density at radius 1 is 1.25 bits per heavy atom. The van der Waals surface area contributed by atoms with Gasteiger partial charge in [0, 0.05) is 36.1 Å². The second kappa shape index (κ2) is 7.86. The topological polar surface area (TPSA) is 153 Å². The van der Waals surface area contributed by atoms with Crippen LogP contribution in [0, 0.1) is 24.0 Å². The predicted molar refractivity (Wildman–Crippen MR) is 103 cm³/mol. The van der Waals surface area contributed by atoms with Gasteiger partial charge in [-0.05, 0) is 19.9 Å². The number of aromatic nitrogens is 4. The predicted octanol–water partition coefficient (Wildman–Crippen LogP) is 1.00. The molecule has 0 bridgehead atoms. The van der Waals surface area contributed by atoms with Crippen molar-refractivity contribution in [3.63, 3.8) is 0 Å². The summed E-state index contributed by atoms with van der Waals surface area (Å²) in [5, 5.41) is 20.8. The van der Waals surface area contributed by atoms with E-state index in [4.69, 9.17) is 5.73 Å². The van der Waals surface area contributed by atoms with Gasteiger partial charge >= 0.3 is 0 Å². The molecule has 2 heterocycles. The summed E-state index contributed by atoms with van der Waals surface area (Å²) in [5.41, 5.74) is 8.20. The number of fused-ring (bicyclic) bond motifs is 1. The highest BCUT2D eigenvalue weighted by Crippen LogP contribution is 2.22. The standard InChI is InChI=1S/C17H20N8O3/c1-10-12(11(2)24-17(21-10)22-16(18)23-24)9-15(26)20-8-7-19-13-5-3-4-6-14(13)25(27)28/h3-6,19H,7-9H2,1-2H3,(H2,18,23)(H,20,26). The first-order chi connectivity index (χ1) is 13.4. The lowest BCUT2D eigenvalue weighted by atomic mass is 10.1. The van der Waals surface area contributed by atoms with Gasteiger partial charge in [-0.3, -0.25) is 14.9 Å². The van der Waals surface area contributed by atoms with Gasteiger partial charge in [0.1, 0.15) is 5.69 Å². The summed E-state index contributed by atoms with van der Waals surface area (Å²) in [5.74, 6) is 0.327. The molecule has 0 atom stereocenters. The number of nitrogens with zero attached hydrogens (tertiary/aromatic N) is 5. The lowest BCUT2D eigenvalue weighted by Gasteiger charge is -2.11. The summed E-state index contributed by atoms with van der Waals surface area (Å²) < 4.78 is 1.51. The van der Waals surface area contributed by atoms with Crippen molar-refractivity contribution in [1.29, 1.82) is 0 Å². The van der Waals surface area contributed by atoms with E-state index in [0.29, 0.717) is 30.2 Å². The van der Waals surface area contributed by atoms with Crippen LogP contribution < -0.4 is 16.4 Å². The van der Waals surface area contributed by atoms with E-state index in [2.05, 4.69) is 25.7 Å². The normalized spacial score (nSPS) is 10.8. The van der Waals surface area contributed by atoms with E-state index in [0.717, 1.165) is 11.3 Å². The van der Waals surface area contributed by atoms with Crippen LogP contribution in [0.3, 0.4) is 0 Å². The van der Waals surface area contributed by atoms with Crippen molar-refractivity contribution in [1.82, 2.24) is 24.9 Å². The van der Waals surface area contributed by atoms with Crippen molar-refractivity contribution in [3.8, 4) is 0 Å². The number of amides is 1. The van der Waals surface area contributed by atoms with Crippen LogP contribution in [0.5, 0.6) is 0 Å². The average molecular weight is 384 g/mol. The van der Waals surface area contributed by atoms with E-state index in [1.807, 2.05) is 6.92 Å². The van der Waals surface area contributed by atoms with Gasteiger partial charge in [0.2, 0.25) is 11.9 Å². The number of nitrogen functional groups attached to an aromatic ring is 1. The van der Waals surface area contributed by atoms with Crippen LogP contribution in [-0.2, 0) is 11.2 Å². The number of carbonyl (C=O) groups excluding carboxylic acids is 1. The van der Waals surface area contributed by atoms with Crippen LogP contribution in [0.15, 0.2) is 24.3 Å². The van der Waals surface area contributed by atoms with Crippen molar-refractivity contribution in [3.05, 3.63) is 51.3 Å². The van der Waals surface area contributed by atoms with Crippen molar-refractivity contribution < 1.29 is 9.72 Å². The molecular weight excluding hydrogens is 364 g/mol. The van der Waals surface area contributed by atoms with Gasteiger partial charge < -0.3 is 16.4 Å². The number of hydrogen-bond donors (Lipinski definition) is 3. The van der Waals surface area contributed by atoms with E-state index in [1.165, 1.54) is 10.6 Å². The van der Waals surface area contributed by atoms with Gasteiger partial charge in [-0.15, -0.1) is 5.10 Å². The van der Waals surface area contributed by atoms with Crippen molar-refractivity contribution in [2.24, 2.45) is 0 Å². The van der Waals surface area contributed by atoms with Gasteiger partial charge in [-0.25, -0.2) is 4.98 Å². The zero-order valence-electron chi connectivity index (χ0n) is 15.5. The lowest BCUT2D eigenvalue weighted by molar-refractivity contribution is -0.384. The highest BCUT2D eigenvalue weighted by Gasteiger charge is 2.15. The van der Waals surface area contributed by atoms with E-state index in [9.17, 15) is 14.9 Å². The molecule has 4 N–H and O–H groups in total. The largest absolute Gasteiger partial charge is 0.378 e. The molecule has 3 aromatic rings. The second-order valence-corrected chi connectivity index (χ2v) is 6.17. The molecule has 0 spiro atoms. The summed E-state index contributed by atoms with van der Waals surface area (Å²) >= 11 is 0. The summed E-state index contributed by atoms with van der Waals surface area (Å²) in [6.45, 7) is 4.30. The zero-order chi connectivity index (χ0) is 20.3. The third-order valence-corrected chi connectivity index (χ3v) is 4.27. The Morgan fingerprint density at radius 2 is 2.00 bits per heavy atom. The quantitative estimate of drug-likeness (QED) is 0.310. The third-order valence-electron chi connectivity index (χ3n) is 4.27. The first-order valence-corrected chi connectivity index (χ1v) is 8.59. The molecule has 11 heteroatoms. The van der Waals surface area contributed by atoms with E-state index in [1.54, 1.807) is 25.1 Å². The first kappa shape index (κ1) is 19.0. The molecule has 0 radical (unpaired) electrons. The fourth-order valence-electron chi connectivity index (χ4n) is 2.88. The maximum atomic E-state index is 12.3. The monoisotopic (exact) mass is 384 g/mol. The maximum absolute atomic E-state index is 12.3. The van der Waals surface area contributed by atoms with E-state index < -0.39 is 4.92 Å². The molecule has 1 amide bonds. The summed E-state index contributed by atoms with van der Waals surface area (Å²) in [6.07, 6.45) is 0.131. The molecule has 0 saturated heterocycles. The molecule has 2 aromatic heterocycles. The molecule has 11 nitrogen and oxygen atoms in total. The SMILES string of the molecule is Cc1nc2nc(N)nn2c(C)c1CC(=O)NCCNc1ccccc1[N+](=O)[O-]. The second-order valence-electron chi connectivity index (χ2n) is 6.17. The Morgan fingerprint density at radius 3 is 2.75 bits per heavy atom. The molecule has 146 valence electrons. The highest BCUT2D eigenvalue weighted by molar-refractivity contribution is 5.79. The minimum atomic E-state index is -0.452. The minimum Gasteiger partial charge on any atom is -0.378 e. The van der Waals surface area contributed by atoms with Gasteiger partial charge in [0.05, 0.1) is 11.3 Å².